The molecule has 11 heteroatoms. The summed E-state index contributed by atoms with van der Waals surface area (Å²) in [7, 11) is 0. The highest BCUT2D eigenvalue weighted by Gasteiger charge is 2.19. The lowest BCUT2D eigenvalue weighted by Gasteiger charge is -2.23. The summed E-state index contributed by atoms with van der Waals surface area (Å²) < 4.78 is 17.1. The smallest absolute Gasteiger partial charge is 0.283 e. The monoisotopic (exact) mass is 595 g/mol. The molecule has 228 valence electrons. The number of nitrogens with one attached hydrogen (secondary N) is 4. The highest BCUT2D eigenvalue weighted by Crippen LogP contribution is 2.28. The maximum absolute atomic E-state index is 13.2. The second kappa shape index (κ2) is 12.5. The number of hydrogen-bond acceptors (Lipinski definition) is 7. The Labute approximate surface area is 255 Å². The summed E-state index contributed by atoms with van der Waals surface area (Å²) >= 11 is 0. The number of amides is 1. The van der Waals surface area contributed by atoms with Crippen LogP contribution in [-0.2, 0) is 11.3 Å². The Bertz CT molecular complexity index is 1830. The third-order valence-corrected chi connectivity index (χ3v) is 8.29. The summed E-state index contributed by atoms with van der Waals surface area (Å²) in [6.45, 7) is 12.9. The molecule has 4 heterocycles. The van der Waals surface area contributed by atoms with E-state index in [0.717, 1.165) is 71.4 Å². The quantitative estimate of drug-likeness (QED) is 0.148. The first-order valence-corrected chi connectivity index (χ1v) is 15.1. The highest BCUT2D eigenvalue weighted by molar-refractivity contribution is 6.02. The fraction of sp³-hybridized carbons (Fsp3) is 0.333. The van der Waals surface area contributed by atoms with E-state index in [0.29, 0.717) is 30.0 Å². The molecular weight excluding hydrogens is 557 g/mol. The van der Waals surface area contributed by atoms with Crippen LogP contribution < -0.4 is 21.3 Å². The van der Waals surface area contributed by atoms with Crippen LogP contribution in [0.4, 0.5) is 22.0 Å². The van der Waals surface area contributed by atoms with Gasteiger partial charge in [-0.3, -0.25) is 4.79 Å². The maximum Gasteiger partial charge on any atom is 0.283 e. The topological polar surface area (TPSA) is 113 Å². The van der Waals surface area contributed by atoms with Gasteiger partial charge < -0.3 is 25.8 Å². The first-order chi connectivity index (χ1) is 21.3. The first kappa shape index (κ1) is 29.3. The normalized spacial score (nSPS) is 13.9. The van der Waals surface area contributed by atoms with Crippen LogP contribution in [0.3, 0.4) is 0 Å². The van der Waals surface area contributed by atoms with Crippen LogP contribution in [0.15, 0.2) is 67.3 Å². The molecular formula is C33H38FN9O. The van der Waals surface area contributed by atoms with Crippen molar-refractivity contribution in [3.63, 3.8) is 0 Å². The van der Waals surface area contributed by atoms with Gasteiger partial charge in [-0.2, -0.15) is 19.6 Å². The Morgan fingerprint density at radius 2 is 1.95 bits per heavy atom. The van der Waals surface area contributed by atoms with Crippen molar-refractivity contribution in [1.82, 2.24) is 29.5 Å². The number of halogens is 1. The third-order valence-electron chi connectivity index (χ3n) is 8.29. The van der Waals surface area contributed by atoms with Gasteiger partial charge in [0, 0.05) is 35.9 Å². The standard InChI is InChI=1S/C33H38FN9O/c1-20(2)26-19-38-43-30(26)40-32(36-17-23-10-13-35-14-11-23)41-33(43)37-18-27-21(3)6-5-7-29(27)42-15-12-24-16-25(8-9-28(24)42)39-31(44)22(4)34/h5-9,12,15-16,19-20,23,35H,4,10-11,13-14,17-18H2,1-3H3,(H,39,44)(H2,36,37,40,41). The van der Waals surface area contributed by atoms with Crippen molar-refractivity contribution < 1.29 is 9.18 Å². The predicted octanol–water partition coefficient (Wildman–Crippen LogP) is 5.95. The highest BCUT2D eigenvalue weighted by atomic mass is 19.1. The molecule has 0 bridgehead atoms. The van der Waals surface area contributed by atoms with E-state index in [9.17, 15) is 9.18 Å². The number of rotatable bonds is 10. The van der Waals surface area contributed by atoms with Gasteiger partial charge in [-0.05, 0) is 86.1 Å². The van der Waals surface area contributed by atoms with Gasteiger partial charge in [-0.1, -0.05) is 32.6 Å². The third kappa shape index (κ3) is 6.00. The zero-order valence-electron chi connectivity index (χ0n) is 25.3. The molecule has 1 amide bonds. The van der Waals surface area contributed by atoms with E-state index < -0.39 is 11.7 Å². The first-order valence-electron chi connectivity index (χ1n) is 15.1. The van der Waals surface area contributed by atoms with Crippen molar-refractivity contribution in [2.24, 2.45) is 5.92 Å². The molecule has 1 fully saturated rings. The molecule has 6 rings (SSSR count). The number of anilines is 3. The zero-order chi connectivity index (χ0) is 30.8. The van der Waals surface area contributed by atoms with Crippen molar-refractivity contribution in [1.29, 1.82) is 0 Å². The van der Waals surface area contributed by atoms with Gasteiger partial charge in [0.2, 0.25) is 11.9 Å². The van der Waals surface area contributed by atoms with Crippen molar-refractivity contribution >= 4 is 40.0 Å². The van der Waals surface area contributed by atoms with Crippen LogP contribution in [-0.4, -0.2) is 49.7 Å². The Morgan fingerprint density at radius 3 is 2.73 bits per heavy atom. The van der Waals surface area contributed by atoms with Crippen LogP contribution in [0.1, 0.15) is 49.3 Å². The molecule has 0 spiro atoms. The molecule has 10 nitrogen and oxygen atoms in total. The molecule has 1 saturated heterocycles. The van der Waals surface area contributed by atoms with E-state index in [1.165, 1.54) is 0 Å². The number of nitrogens with zero attached hydrogens (tertiary/aromatic N) is 5. The summed E-state index contributed by atoms with van der Waals surface area (Å²) in [6.07, 6.45) is 6.15. The zero-order valence-corrected chi connectivity index (χ0v) is 25.3. The van der Waals surface area contributed by atoms with Gasteiger partial charge in [-0.25, -0.2) is 4.39 Å². The van der Waals surface area contributed by atoms with Crippen LogP contribution in [0, 0.1) is 12.8 Å². The maximum atomic E-state index is 13.2. The van der Waals surface area contributed by atoms with Gasteiger partial charge in [0.05, 0.1) is 17.4 Å². The number of carbonyl (C=O) groups is 1. The largest absolute Gasteiger partial charge is 0.354 e. The van der Waals surface area contributed by atoms with E-state index in [-0.39, 0.29) is 5.92 Å². The van der Waals surface area contributed by atoms with Crippen molar-refractivity contribution in [3.8, 4) is 5.69 Å². The van der Waals surface area contributed by atoms with Crippen LogP contribution in [0.5, 0.6) is 0 Å². The average Bonchev–Trinajstić information content (AvgIpc) is 3.64. The minimum atomic E-state index is -1.03. The summed E-state index contributed by atoms with van der Waals surface area (Å²) in [5.74, 6) is 0.195. The number of piperidine rings is 1. The molecule has 4 N–H and O–H groups in total. The van der Waals surface area contributed by atoms with Crippen LogP contribution in [0.2, 0.25) is 0 Å². The molecule has 1 aliphatic rings. The molecule has 2 aromatic carbocycles. The van der Waals surface area contributed by atoms with Crippen LogP contribution >= 0.6 is 0 Å². The lowest BCUT2D eigenvalue weighted by Crippen LogP contribution is -2.31. The predicted molar refractivity (Wildman–Crippen MR) is 173 cm³/mol. The van der Waals surface area contributed by atoms with Gasteiger partial charge >= 0.3 is 0 Å². The molecule has 0 aliphatic carbocycles. The molecule has 5 aromatic rings. The summed E-state index contributed by atoms with van der Waals surface area (Å²) in [5.41, 5.74) is 6.56. The number of carbonyl (C=O) groups excluding carboxylic acids is 1. The Kier molecular flexibility index (Phi) is 8.30. The van der Waals surface area contributed by atoms with E-state index in [4.69, 9.17) is 9.97 Å². The Morgan fingerprint density at radius 1 is 1.14 bits per heavy atom. The van der Waals surface area contributed by atoms with Crippen molar-refractivity contribution in [2.75, 3.05) is 35.6 Å². The molecule has 1 aliphatic heterocycles. The van der Waals surface area contributed by atoms with Gasteiger partial charge in [0.25, 0.3) is 5.91 Å². The van der Waals surface area contributed by atoms with Crippen molar-refractivity contribution in [3.05, 3.63) is 84.0 Å². The molecule has 0 atom stereocenters. The van der Waals surface area contributed by atoms with Gasteiger partial charge in [-0.15, -0.1) is 0 Å². The summed E-state index contributed by atoms with van der Waals surface area (Å²) in [5, 5.41) is 18.6. The SMILES string of the molecule is C=C(F)C(=O)Nc1ccc2c(ccn2-c2cccc(C)c2CNc2nc(NCC3CCNCC3)nc3c(C(C)C)cnn23)c1. The fourth-order valence-corrected chi connectivity index (χ4v) is 5.76. The number of fused-ring (bicyclic) bond motifs is 2. The van der Waals surface area contributed by atoms with E-state index >= 15 is 0 Å². The lowest BCUT2D eigenvalue weighted by atomic mass is 9.98. The van der Waals surface area contributed by atoms with E-state index in [2.05, 4.69) is 70.4 Å². The van der Waals surface area contributed by atoms with Gasteiger partial charge in [0.1, 0.15) is 0 Å². The number of benzene rings is 2. The second-order valence-electron chi connectivity index (χ2n) is 11.7. The van der Waals surface area contributed by atoms with E-state index in [1.54, 1.807) is 10.6 Å². The molecule has 0 radical (unpaired) electrons. The molecule has 44 heavy (non-hydrogen) atoms. The van der Waals surface area contributed by atoms with Crippen LogP contribution in [0.25, 0.3) is 22.2 Å². The minimum Gasteiger partial charge on any atom is -0.354 e. The molecule has 0 saturated carbocycles. The summed E-state index contributed by atoms with van der Waals surface area (Å²) in [4.78, 5) is 21.5. The number of aryl methyl sites for hydroxylation is 1. The van der Waals surface area contributed by atoms with Gasteiger partial charge in [0.15, 0.2) is 11.5 Å². The Balaban J connectivity index is 1.30. The minimum absolute atomic E-state index is 0.266. The molecule has 0 unspecified atom stereocenters. The van der Waals surface area contributed by atoms with E-state index in [1.807, 2.05) is 36.7 Å². The number of aromatic nitrogens is 5. The second-order valence-corrected chi connectivity index (χ2v) is 11.7. The summed E-state index contributed by atoms with van der Waals surface area (Å²) in [6, 6.07) is 13.7. The average molecular weight is 596 g/mol. The Hall–Kier alpha value is -4.77. The lowest BCUT2D eigenvalue weighted by molar-refractivity contribution is -0.114. The number of hydrogen-bond donors (Lipinski definition) is 4. The van der Waals surface area contributed by atoms with Crippen molar-refractivity contribution in [2.45, 2.75) is 46.1 Å². The fourth-order valence-electron chi connectivity index (χ4n) is 5.76. The molecule has 3 aromatic heterocycles.